The van der Waals surface area contributed by atoms with E-state index in [1.54, 1.807) is 36.4 Å². The number of ether oxygens (including phenoxy) is 1. The van der Waals surface area contributed by atoms with E-state index in [4.69, 9.17) is 4.74 Å². The Bertz CT molecular complexity index is 776. The van der Waals surface area contributed by atoms with Gasteiger partial charge in [0.2, 0.25) is 10.0 Å². The second kappa shape index (κ2) is 6.87. The highest BCUT2D eigenvalue weighted by molar-refractivity contribution is 7.92. The highest BCUT2D eigenvalue weighted by Gasteiger charge is 2.10. The van der Waals surface area contributed by atoms with Crippen molar-refractivity contribution in [2.75, 3.05) is 23.4 Å². The van der Waals surface area contributed by atoms with Crippen LogP contribution in [-0.4, -0.2) is 21.8 Å². The van der Waals surface area contributed by atoms with Gasteiger partial charge in [-0.2, -0.15) is 0 Å². The first-order chi connectivity index (χ1) is 10.8. The lowest BCUT2D eigenvalue weighted by Gasteiger charge is -2.17. The van der Waals surface area contributed by atoms with E-state index < -0.39 is 10.0 Å². The van der Waals surface area contributed by atoms with Crippen LogP contribution in [0.25, 0.3) is 0 Å². The Morgan fingerprint density at radius 1 is 1.13 bits per heavy atom. The fraction of sp³-hybridized carbons (Fsp3) is 0.250. The van der Waals surface area contributed by atoms with Gasteiger partial charge in [0.1, 0.15) is 11.6 Å². The summed E-state index contributed by atoms with van der Waals surface area (Å²) in [5.41, 5.74) is 1.72. The summed E-state index contributed by atoms with van der Waals surface area (Å²) in [5.74, 6) is 0.196. The number of methoxy groups -OCH3 is 1. The molecule has 0 saturated carbocycles. The molecule has 5 nitrogen and oxygen atoms in total. The lowest BCUT2D eigenvalue weighted by Crippen LogP contribution is -2.10. The van der Waals surface area contributed by atoms with Crippen LogP contribution in [0, 0.1) is 5.82 Å². The number of rotatable bonds is 6. The van der Waals surface area contributed by atoms with Crippen molar-refractivity contribution in [3.8, 4) is 5.75 Å². The number of hydrogen-bond acceptors (Lipinski definition) is 4. The van der Waals surface area contributed by atoms with Crippen molar-refractivity contribution >= 4 is 21.4 Å². The third-order valence-electron chi connectivity index (χ3n) is 3.26. The van der Waals surface area contributed by atoms with Gasteiger partial charge in [-0.05, 0) is 36.8 Å². The molecule has 0 fully saturated rings. The zero-order valence-electron chi connectivity index (χ0n) is 13.1. The molecule has 0 bridgehead atoms. The summed E-state index contributed by atoms with van der Waals surface area (Å²) < 4.78 is 43.7. The van der Waals surface area contributed by atoms with Crippen molar-refractivity contribution in [2.45, 2.75) is 13.0 Å². The molecule has 124 valence electrons. The Morgan fingerprint density at radius 2 is 1.78 bits per heavy atom. The van der Waals surface area contributed by atoms with Crippen LogP contribution in [0.1, 0.15) is 18.5 Å². The molecule has 7 heteroatoms. The number of nitrogens with one attached hydrogen (secondary N) is 2. The highest BCUT2D eigenvalue weighted by Crippen LogP contribution is 2.26. The summed E-state index contributed by atoms with van der Waals surface area (Å²) in [6, 6.07) is 11.2. The molecule has 0 aliphatic rings. The summed E-state index contributed by atoms with van der Waals surface area (Å²) >= 11 is 0. The summed E-state index contributed by atoms with van der Waals surface area (Å²) in [6.07, 6.45) is 1.09. The van der Waals surface area contributed by atoms with Crippen LogP contribution in [0.3, 0.4) is 0 Å². The minimum Gasteiger partial charge on any atom is -0.497 e. The van der Waals surface area contributed by atoms with Crippen LogP contribution in [0.5, 0.6) is 5.75 Å². The van der Waals surface area contributed by atoms with Crippen LogP contribution >= 0.6 is 0 Å². The van der Waals surface area contributed by atoms with Crippen molar-refractivity contribution in [2.24, 2.45) is 0 Å². The van der Waals surface area contributed by atoms with Crippen molar-refractivity contribution in [3.63, 3.8) is 0 Å². The van der Waals surface area contributed by atoms with E-state index in [-0.39, 0.29) is 11.9 Å². The van der Waals surface area contributed by atoms with Crippen LogP contribution in [0.2, 0.25) is 0 Å². The zero-order chi connectivity index (χ0) is 17.0. The number of sulfonamides is 1. The number of halogens is 1. The first-order valence-corrected chi connectivity index (χ1v) is 8.85. The minimum absolute atomic E-state index is 0.163. The van der Waals surface area contributed by atoms with Gasteiger partial charge in [-0.1, -0.05) is 12.1 Å². The lowest BCUT2D eigenvalue weighted by atomic mass is 10.1. The summed E-state index contributed by atoms with van der Waals surface area (Å²) in [6.45, 7) is 1.89. The molecular formula is C16H19FN2O3S. The van der Waals surface area contributed by atoms with Gasteiger partial charge in [-0.3, -0.25) is 4.72 Å². The first kappa shape index (κ1) is 17.1. The van der Waals surface area contributed by atoms with Gasteiger partial charge in [0.05, 0.1) is 19.1 Å². The fourth-order valence-electron chi connectivity index (χ4n) is 2.11. The van der Waals surface area contributed by atoms with Crippen molar-refractivity contribution in [3.05, 3.63) is 53.8 Å². The Kier molecular flexibility index (Phi) is 5.10. The van der Waals surface area contributed by atoms with E-state index in [9.17, 15) is 12.8 Å². The molecule has 0 amide bonds. The Morgan fingerprint density at radius 3 is 2.35 bits per heavy atom. The molecule has 0 heterocycles. The van der Waals surface area contributed by atoms with Crippen molar-refractivity contribution < 1.29 is 17.5 Å². The van der Waals surface area contributed by atoms with Crippen LogP contribution in [0.15, 0.2) is 42.5 Å². The maximum absolute atomic E-state index is 13.8. The normalized spacial score (nSPS) is 12.5. The topological polar surface area (TPSA) is 67.4 Å². The van der Waals surface area contributed by atoms with Gasteiger partial charge in [-0.25, -0.2) is 12.8 Å². The fourth-order valence-corrected chi connectivity index (χ4v) is 2.68. The molecule has 23 heavy (non-hydrogen) atoms. The minimum atomic E-state index is -3.30. The molecule has 0 saturated heterocycles. The largest absolute Gasteiger partial charge is 0.497 e. The van der Waals surface area contributed by atoms with E-state index in [1.165, 1.54) is 13.2 Å². The van der Waals surface area contributed by atoms with Gasteiger partial charge in [0.25, 0.3) is 0 Å². The van der Waals surface area contributed by atoms with Gasteiger partial charge in [0, 0.05) is 17.8 Å². The maximum atomic E-state index is 13.8. The molecule has 0 unspecified atom stereocenters. The monoisotopic (exact) mass is 338 g/mol. The quantitative estimate of drug-likeness (QED) is 0.847. The van der Waals surface area contributed by atoms with E-state index in [2.05, 4.69) is 10.0 Å². The number of benzene rings is 2. The van der Waals surface area contributed by atoms with Crippen LogP contribution < -0.4 is 14.8 Å². The Hall–Kier alpha value is -2.28. The van der Waals surface area contributed by atoms with Crippen LogP contribution in [0.4, 0.5) is 15.8 Å². The molecule has 2 aromatic rings. The third-order valence-corrected chi connectivity index (χ3v) is 3.87. The second-order valence-electron chi connectivity index (χ2n) is 5.21. The molecule has 1 atom stereocenters. The first-order valence-electron chi connectivity index (χ1n) is 6.96. The highest BCUT2D eigenvalue weighted by atomic mass is 32.2. The second-order valence-corrected chi connectivity index (χ2v) is 6.96. The average molecular weight is 338 g/mol. The van der Waals surface area contributed by atoms with E-state index >= 15 is 0 Å². The lowest BCUT2D eigenvalue weighted by molar-refractivity contribution is 0.414. The maximum Gasteiger partial charge on any atom is 0.229 e. The Labute approximate surface area is 135 Å². The van der Waals surface area contributed by atoms with E-state index in [0.29, 0.717) is 17.1 Å². The zero-order valence-corrected chi connectivity index (χ0v) is 13.9. The SMILES string of the molecule is COc1ccc(F)c(N[C@@H](C)c2ccc(NS(C)(=O)=O)cc2)c1. The van der Waals surface area contributed by atoms with Crippen molar-refractivity contribution in [1.29, 1.82) is 0 Å². The van der Waals surface area contributed by atoms with Crippen LogP contribution in [-0.2, 0) is 10.0 Å². The standard InChI is InChI=1S/C16H19FN2O3S/c1-11(18-16-10-14(22-2)8-9-15(16)17)12-4-6-13(7-5-12)19-23(3,20)21/h4-11,18-19H,1-3H3/t11-/m0/s1. The molecule has 0 aromatic heterocycles. The van der Waals surface area contributed by atoms with Gasteiger partial charge in [0.15, 0.2) is 0 Å². The van der Waals surface area contributed by atoms with Gasteiger partial charge in [-0.15, -0.1) is 0 Å². The molecule has 2 N–H and O–H groups in total. The molecule has 2 rings (SSSR count). The third kappa shape index (κ3) is 4.85. The summed E-state index contributed by atoms with van der Waals surface area (Å²) in [7, 11) is -1.78. The molecule has 2 aromatic carbocycles. The number of hydrogen-bond donors (Lipinski definition) is 2. The van der Waals surface area contributed by atoms with E-state index in [0.717, 1.165) is 11.8 Å². The summed E-state index contributed by atoms with van der Waals surface area (Å²) in [4.78, 5) is 0. The molecule has 0 aliphatic carbocycles. The summed E-state index contributed by atoms with van der Waals surface area (Å²) in [5, 5.41) is 3.08. The predicted molar refractivity (Wildman–Crippen MR) is 89.9 cm³/mol. The smallest absolute Gasteiger partial charge is 0.229 e. The van der Waals surface area contributed by atoms with Crippen molar-refractivity contribution in [1.82, 2.24) is 0 Å². The Balaban J connectivity index is 2.13. The van der Waals surface area contributed by atoms with Gasteiger partial charge >= 0.3 is 0 Å². The van der Waals surface area contributed by atoms with E-state index in [1.807, 2.05) is 6.92 Å². The van der Waals surface area contributed by atoms with Gasteiger partial charge < -0.3 is 10.1 Å². The molecule has 0 radical (unpaired) electrons. The number of anilines is 2. The average Bonchev–Trinajstić information content (AvgIpc) is 2.48. The molecule has 0 spiro atoms. The molecular weight excluding hydrogens is 319 g/mol. The predicted octanol–water partition coefficient (Wildman–Crippen LogP) is 3.38. The molecule has 0 aliphatic heterocycles.